The standard InChI is InChI=1S/C21H32FN5O2.HI/c1-2-23-21(25-16-20(28)27-9-3-4-10-27)24-15-19(26-11-13-29-14-12-26)17-5-7-18(22)8-6-17;/h5-8,19H,2-4,9-16H2,1H3,(H2,23,24,25);1H. The lowest BCUT2D eigenvalue weighted by molar-refractivity contribution is -0.128. The molecule has 0 saturated carbocycles. The Kier molecular flexibility index (Phi) is 10.8. The number of likely N-dealkylation sites (tertiary alicyclic amines) is 1. The van der Waals surface area contributed by atoms with E-state index in [0.717, 1.165) is 44.6 Å². The first-order valence-corrected chi connectivity index (χ1v) is 10.5. The summed E-state index contributed by atoms with van der Waals surface area (Å²) in [5.41, 5.74) is 1.05. The van der Waals surface area contributed by atoms with Crippen LogP contribution in [0.15, 0.2) is 29.3 Å². The SMILES string of the molecule is CCNC(=NCC(=O)N1CCCC1)NCC(c1ccc(F)cc1)N1CCOCC1.I. The molecule has 2 fully saturated rings. The summed E-state index contributed by atoms with van der Waals surface area (Å²) < 4.78 is 18.9. The van der Waals surface area contributed by atoms with Crippen LogP contribution < -0.4 is 10.6 Å². The zero-order valence-corrected chi connectivity index (χ0v) is 19.9. The normalized spacial score (nSPS) is 18.6. The van der Waals surface area contributed by atoms with Crippen molar-refractivity contribution in [3.05, 3.63) is 35.6 Å². The second-order valence-corrected chi connectivity index (χ2v) is 7.38. The molecule has 2 N–H and O–H groups in total. The van der Waals surface area contributed by atoms with Crippen molar-refractivity contribution in [3.63, 3.8) is 0 Å². The van der Waals surface area contributed by atoms with Crippen molar-refractivity contribution in [1.82, 2.24) is 20.4 Å². The highest BCUT2D eigenvalue weighted by Gasteiger charge is 2.23. The summed E-state index contributed by atoms with van der Waals surface area (Å²) in [5.74, 6) is 0.459. The second kappa shape index (κ2) is 13.1. The van der Waals surface area contributed by atoms with Gasteiger partial charge in [0.05, 0.1) is 19.3 Å². The number of morpholine rings is 1. The van der Waals surface area contributed by atoms with E-state index in [9.17, 15) is 9.18 Å². The zero-order valence-electron chi connectivity index (χ0n) is 17.6. The van der Waals surface area contributed by atoms with Crippen LogP contribution in [0.25, 0.3) is 0 Å². The number of amides is 1. The average Bonchev–Trinajstić information content (AvgIpc) is 3.29. The van der Waals surface area contributed by atoms with Crippen LogP contribution in [0.4, 0.5) is 4.39 Å². The minimum atomic E-state index is -0.238. The van der Waals surface area contributed by atoms with Crippen LogP contribution in [-0.4, -0.2) is 80.7 Å². The number of hydrogen-bond donors (Lipinski definition) is 2. The van der Waals surface area contributed by atoms with E-state index in [1.165, 1.54) is 12.1 Å². The molecule has 0 aromatic heterocycles. The predicted octanol–water partition coefficient (Wildman–Crippen LogP) is 1.99. The molecule has 0 radical (unpaired) electrons. The molecule has 0 bridgehead atoms. The van der Waals surface area contributed by atoms with Gasteiger partial charge in [-0.2, -0.15) is 0 Å². The summed E-state index contributed by atoms with van der Waals surface area (Å²) in [6, 6.07) is 6.72. The molecule has 1 amide bonds. The molecule has 2 heterocycles. The van der Waals surface area contributed by atoms with Crippen molar-refractivity contribution in [2.24, 2.45) is 4.99 Å². The van der Waals surface area contributed by atoms with E-state index in [-0.39, 0.29) is 48.3 Å². The molecule has 168 valence electrons. The Labute approximate surface area is 195 Å². The highest BCUT2D eigenvalue weighted by atomic mass is 127. The van der Waals surface area contributed by atoms with Crippen LogP contribution in [0, 0.1) is 5.82 Å². The molecule has 2 aliphatic heterocycles. The zero-order chi connectivity index (χ0) is 20.5. The Bertz CT molecular complexity index is 676. The van der Waals surface area contributed by atoms with E-state index in [0.29, 0.717) is 32.3 Å². The minimum Gasteiger partial charge on any atom is -0.379 e. The Morgan fingerprint density at radius 2 is 1.80 bits per heavy atom. The topological polar surface area (TPSA) is 69.2 Å². The van der Waals surface area contributed by atoms with Crippen LogP contribution >= 0.6 is 24.0 Å². The van der Waals surface area contributed by atoms with Crippen molar-refractivity contribution in [2.45, 2.75) is 25.8 Å². The lowest BCUT2D eigenvalue weighted by atomic mass is 10.0. The molecule has 1 aromatic rings. The van der Waals surface area contributed by atoms with Crippen molar-refractivity contribution in [1.29, 1.82) is 0 Å². The highest BCUT2D eigenvalue weighted by Crippen LogP contribution is 2.21. The number of guanidine groups is 1. The van der Waals surface area contributed by atoms with Crippen molar-refractivity contribution < 1.29 is 13.9 Å². The van der Waals surface area contributed by atoms with E-state index < -0.39 is 0 Å². The van der Waals surface area contributed by atoms with E-state index in [1.54, 1.807) is 0 Å². The third kappa shape index (κ3) is 7.35. The molecular weight excluding hydrogens is 500 g/mol. The monoisotopic (exact) mass is 533 g/mol. The fraction of sp³-hybridized carbons (Fsp3) is 0.619. The Hall–Kier alpha value is -1.46. The predicted molar refractivity (Wildman–Crippen MR) is 127 cm³/mol. The van der Waals surface area contributed by atoms with Gasteiger partial charge in [-0.25, -0.2) is 9.38 Å². The largest absolute Gasteiger partial charge is 0.379 e. The Morgan fingerprint density at radius 3 is 2.43 bits per heavy atom. The Balaban J connectivity index is 0.00000320. The first kappa shape index (κ1) is 24.8. The average molecular weight is 533 g/mol. The van der Waals surface area contributed by atoms with E-state index in [1.807, 2.05) is 24.0 Å². The number of benzene rings is 1. The maximum absolute atomic E-state index is 13.4. The number of halogens is 2. The van der Waals surface area contributed by atoms with Crippen LogP contribution in [0.3, 0.4) is 0 Å². The van der Waals surface area contributed by atoms with Crippen LogP contribution in [0.5, 0.6) is 0 Å². The van der Waals surface area contributed by atoms with Gasteiger partial charge in [-0.05, 0) is 37.5 Å². The van der Waals surface area contributed by atoms with Crippen LogP contribution in [-0.2, 0) is 9.53 Å². The summed E-state index contributed by atoms with van der Waals surface area (Å²) in [7, 11) is 0. The molecule has 3 rings (SSSR count). The quantitative estimate of drug-likeness (QED) is 0.319. The van der Waals surface area contributed by atoms with Gasteiger partial charge in [0.25, 0.3) is 0 Å². The smallest absolute Gasteiger partial charge is 0.244 e. The molecule has 30 heavy (non-hydrogen) atoms. The maximum atomic E-state index is 13.4. The number of nitrogens with zero attached hydrogens (tertiary/aromatic N) is 3. The summed E-state index contributed by atoms with van der Waals surface area (Å²) >= 11 is 0. The van der Waals surface area contributed by atoms with Gasteiger partial charge in [0.2, 0.25) is 5.91 Å². The maximum Gasteiger partial charge on any atom is 0.244 e. The number of nitrogens with one attached hydrogen (secondary N) is 2. The highest BCUT2D eigenvalue weighted by molar-refractivity contribution is 14.0. The molecular formula is C21H33FIN5O2. The number of aliphatic imine (C=N–C) groups is 1. The molecule has 1 unspecified atom stereocenters. The number of ether oxygens (including phenoxy) is 1. The van der Waals surface area contributed by atoms with Crippen molar-refractivity contribution >= 4 is 35.8 Å². The van der Waals surface area contributed by atoms with Gasteiger partial charge in [0, 0.05) is 39.3 Å². The fourth-order valence-electron chi connectivity index (χ4n) is 3.78. The molecule has 2 aliphatic rings. The summed E-state index contributed by atoms with van der Waals surface area (Å²) in [6.45, 7) is 8.16. The third-order valence-electron chi connectivity index (χ3n) is 5.38. The van der Waals surface area contributed by atoms with Gasteiger partial charge >= 0.3 is 0 Å². The van der Waals surface area contributed by atoms with Crippen LogP contribution in [0.2, 0.25) is 0 Å². The molecule has 2 saturated heterocycles. The van der Waals surface area contributed by atoms with Gasteiger partial charge in [0.1, 0.15) is 12.4 Å². The minimum absolute atomic E-state index is 0. The Morgan fingerprint density at radius 1 is 1.13 bits per heavy atom. The molecule has 1 atom stereocenters. The van der Waals surface area contributed by atoms with Gasteiger partial charge in [-0.1, -0.05) is 12.1 Å². The number of carbonyl (C=O) groups excluding carboxylic acids is 1. The van der Waals surface area contributed by atoms with Crippen molar-refractivity contribution in [2.75, 3.05) is 59.0 Å². The van der Waals surface area contributed by atoms with Crippen LogP contribution in [0.1, 0.15) is 31.4 Å². The second-order valence-electron chi connectivity index (χ2n) is 7.38. The first-order chi connectivity index (χ1) is 14.2. The number of hydrogen-bond acceptors (Lipinski definition) is 4. The third-order valence-corrected chi connectivity index (χ3v) is 5.38. The summed E-state index contributed by atoms with van der Waals surface area (Å²) in [4.78, 5) is 21.0. The number of rotatable bonds is 7. The lowest BCUT2D eigenvalue weighted by Gasteiger charge is -2.35. The molecule has 9 heteroatoms. The summed E-state index contributed by atoms with van der Waals surface area (Å²) in [5, 5.41) is 6.58. The molecule has 0 aliphatic carbocycles. The number of carbonyl (C=O) groups is 1. The van der Waals surface area contributed by atoms with Gasteiger partial charge in [-0.3, -0.25) is 9.69 Å². The van der Waals surface area contributed by atoms with Gasteiger partial charge < -0.3 is 20.3 Å². The first-order valence-electron chi connectivity index (χ1n) is 10.5. The van der Waals surface area contributed by atoms with E-state index in [4.69, 9.17) is 4.74 Å². The molecule has 7 nitrogen and oxygen atoms in total. The fourth-order valence-corrected chi connectivity index (χ4v) is 3.78. The van der Waals surface area contributed by atoms with Gasteiger partial charge in [0.15, 0.2) is 5.96 Å². The lowest BCUT2D eigenvalue weighted by Crippen LogP contribution is -2.46. The van der Waals surface area contributed by atoms with Gasteiger partial charge in [-0.15, -0.1) is 24.0 Å². The van der Waals surface area contributed by atoms with E-state index >= 15 is 0 Å². The summed E-state index contributed by atoms with van der Waals surface area (Å²) in [6.07, 6.45) is 2.15. The van der Waals surface area contributed by atoms with Crippen molar-refractivity contribution in [3.8, 4) is 0 Å². The molecule has 1 aromatic carbocycles. The van der Waals surface area contributed by atoms with E-state index in [2.05, 4.69) is 20.5 Å². The molecule has 0 spiro atoms.